The zero-order valence-corrected chi connectivity index (χ0v) is 12.1. The second-order valence-corrected chi connectivity index (χ2v) is 4.71. The molecule has 1 rings (SSSR count). The number of nitrogens with zero attached hydrogens (tertiary/aromatic N) is 1. The summed E-state index contributed by atoms with van der Waals surface area (Å²) in [6.45, 7) is 2.67. The number of nitrogens with one attached hydrogen (secondary N) is 1. The molecule has 0 saturated carbocycles. The molecular weight excluding hydrogens is 240 g/mol. The number of ether oxygens (including phenoxy) is 1. The predicted octanol–water partition coefficient (Wildman–Crippen LogP) is 2.39. The van der Waals surface area contributed by atoms with Gasteiger partial charge in [-0.05, 0) is 43.9 Å². The van der Waals surface area contributed by atoms with Crippen molar-refractivity contribution < 1.29 is 9.53 Å². The Bertz CT molecular complexity index is 374. The summed E-state index contributed by atoms with van der Waals surface area (Å²) in [5.41, 5.74) is 4.03. The summed E-state index contributed by atoms with van der Waals surface area (Å²) < 4.78 is 5.40. The van der Waals surface area contributed by atoms with Crippen molar-refractivity contribution in [3.05, 3.63) is 29.8 Å². The molecule has 1 aromatic rings. The van der Waals surface area contributed by atoms with Crippen LogP contribution in [0.15, 0.2) is 24.3 Å². The van der Waals surface area contributed by atoms with Crippen LogP contribution in [0.1, 0.15) is 31.7 Å². The highest BCUT2D eigenvalue weighted by Gasteiger charge is 2.02. The van der Waals surface area contributed by atoms with Crippen LogP contribution >= 0.6 is 0 Å². The number of hydrogen-bond acceptors (Lipinski definition) is 3. The van der Waals surface area contributed by atoms with Crippen LogP contribution in [0.4, 0.5) is 0 Å². The fraction of sp³-hybridized carbons (Fsp3) is 0.533. The van der Waals surface area contributed by atoms with E-state index in [0.717, 1.165) is 25.0 Å². The van der Waals surface area contributed by atoms with Gasteiger partial charge in [0.2, 0.25) is 5.91 Å². The SMILES string of the molecule is CCOc1ccc(CCCCC(=O)NN(C)C)cc1. The van der Waals surface area contributed by atoms with Gasteiger partial charge in [-0.3, -0.25) is 10.2 Å². The average molecular weight is 264 g/mol. The summed E-state index contributed by atoms with van der Waals surface area (Å²) in [5, 5.41) is 1.68. The number of carbonyl (C=O) groups is 1. The van der Waals surface area contributed by atoms with Crippen molar-refractivity contribution in [2.24, 2.45) is 0 Å². The van der Waals surface area contributed by atoms with Crippen molar-refractivity contribution in [3.63, 3.8) is 0 Å². The molecule has 0 aliphatic rings. The Kier molecular flexibility index (Phi) is 6.97. The van der Waals surface area contributed by atoms with Crippen molar-refractivity contribution in [2.45, 2.75) is 32.6 Å². The van der Waals surface area contributed by atoms with Gasteiger partial charge in [-0.1, -0.05) is 12.1 Å². The van der Waals surface area contributed by atoms with Crippen molar-refractivity contribution in [3.8, 4) is 5.75 Å². The van der Waals surface area contributed by atoms with E-state index in [2.05, 4.69) is 17.6 Å². The Balaban J connectivity index is 2.20. The van der Waals surface area contributed by atoms with Gasteiger partial charge in [0.05, 0.1) is 6.61 Å². The van der Waals surface area contributed by atoms with E-state index in [4.69, 9.17) is 4.74 Å². The molecule has 0 spiro atoms. The van der Waals surface area contributed by atoms with Gasteiger partial charge in [-0.2, -0.15) is 0 Å². The molecule has 0 unspecified atom stereocenters. The zero-order chi connectivity index (χ0) is 14.1. The number of aryl methyl sites for hydroxylation is 1. The molecule has 0 aliphatic carbocycles. The van der Waals surface area contributed by atoms with E-state index < -0.39 is 0 Å². The number of hydrazine groups is 1. The Morgan fingerprint density at radius 1 is 1.21 bits per heavy atom. The molecular formula is C15H24N2O2. The van der Waals surface area contributed by atoms with Crippen molar-refractivity contribution in [1.82, 2.24) is 10.4 Å². The van der Waals surface area contributed by atoms with E-state index in [-0.39, 0.29) is 5.91 Å². The first-order chi connectivity index (χ1) is 9.11. The highest BCUT2D eigenvalue weighted by Crippen LogP contribution is 2.14. The average Bonchev–Trinajstić information content (AvgIpc) is 2.36. The molecule has 0 aliphatic heterocycles. The number of amides is 1. The van der Waals surface area contributed by atoms with Crippen LogP contribution in [0.25, 0.3) is 0 Å². The summed E-state index contributed by atoms with van der Waals surface area (Å²) in [5.74, 6) is 0.994. The standard InChI is InChI=1S/C15H24N2O2/c1-4-19-14-11-9-13(10-12-14)7-5-6-8-15(18)16-17(2)3/h9-12H,4-8H2,1-3H3,(H,16,18). The molecule has 0 radical (unpaired) electrons. The van der Waals surface area contributed by atoms with E-state index >= 15 is 0 Å². The molecule has 4 nitrogen and oxygen atoms in total. The van der Waals surface area contributed by atoms with E-state index in [1.807, 2.05) is 33.2 Å². The molecule has 0 heterocycles. The van der Waals surface area contributed by atoms with Crippen LogP contribution in [0, 0.1) is 0 Å². The van der Waals surface area contributed by atoms with Gasteiger partial charge in [0.1, 0.15) is 5.75 Å². The summed E-state index contributed by atoms with van der Waals surface area (Å²) >= 11 is 0. The minimum absolute atomic E-state index is 0.0803. The van der Waals surface area contributed by atoms with E-state index in [1.54, 1.807) is 5.01 Å². The largest absolute Gasteiger partial charge is 0.494 e. The first-order valence-electron chi connectivity index (χ1n) is 6.80. The summed E-state index contributed by atoms with van der Waals surface area (Å²) in [6.07, 6.45) is 3.51. The predicted molar refractivity (Wildman–Crippen MR) is 77.0 cm³/mol. The third kappa shape index (κ3) is 6.82. The molecule has 106 valence electrons. The number of rotatable bonds is 8. The van der Waals surface area contributed by atoms with E-state index in [9.17, 15) is 4.79 Å². The van der Waals surface area contributed by atoms with Gasteiger partial charge in [-0.25, -0.2) is 5.01 Å². The molecule has 0 saturated heterocycles. The van der Waals surface area contributed by atoms with Crippen LogP contribution in [-0.4, -0.2) is 31.6 Å². The molecule has 1 N–H and O–H groups in total. The monoisotopic (exact) mass is 264 g/mol. The van der Waals surface area contributed by atoms with Gasteiger partial charge in [0.15, 0.2) is 0 Å². The third-order valence-electron chi connectivity index (χ3n) is 2.70. The summed E-state index contributed by atoms with van der Waals surface area (Å²) in [6, 6.07) is 8.17. The maximum absolute atomic E-state index is 11.4. The van der Waals surface area contributed by atoms with Crippen LogP contribution in [0.5, 0.6) is 5.75 Å². The number of carbonyl (C=O) groups excluding carboxylic acids is 1. The minimum Gasteiger partial charge on any atom is -0.494 e. The van der Waals surface area contributed by atoms with Gasteiger partial charge < -0.3 is 4.74 Å². The van der Waals surface area contributed by atoms with Crippen molar-refractivity contribution in [1.29, 1.82) is 0 Å². The number of hydrogen-bond donors (Lipinski definition) is 1. The highest BCUT2D eigenvalue weighted by atomic mass is 16.5. The topological polar surface area (TPSA) is 41.6 Å². The first kappa shape index (κ1) is 15.5. The highest BCUT2D eigenvalue weighted by molar-refractivity contribution is 5.75. The molecule has 0 bridgehead atoms. The van der Waals surface area contributed by atoms with E-state index in [0.29, 0.717) is 13.0 Å². The molecule has 1 aromatic carbocycles. The Morgan fingerprint density at radius 3 is 2.47 bits per heavy atom. The summed E-state index contributed by atoms with van der Waals surface area (Å²) in [7, 11) is 3.63. The Hall–Kier alpha value is -1.55. The first-order valence-corrected chi connectivity index (χ1v) is 6.80. The zero-order valence-electron chi connectivity index (χ0n) is 12.1. The molecule has 0 aromatic heterocycles. The lowest BCUT2D eigenvalue weighted by molar-refractivity contribution is -0.124. The fourth-order valence-electron chi connectivity index (χ4n) is 1.84. The van der Waals surface area contributed by atoms with Crippen molar-refractivity contribution >= 4 is 5.91 Å². The second kappa shape index (κ2) is 8.53. The van der Waals surface area contributed by atoms with Gasteiger partial charge in [0, 0.05) is 20.5 Å². The molecule has 1 amide bonds. The maximum Gasteiger partial charge on any atom is 0.234 e. The lowest BCUT2D eigenvalue weighted by Crippen LogP contribution is -2.35. The smallest absolute Gasteiger partial charge is 0.234 e. The maximum atomic E-state index is 11.4. The van der Waals surface area contributed by atoms with Crippen LogP contribution < -0.4 is 10.2 Å². The van der Waals surface area contributed by atoms with E-state index in [1.165, 1.54) is 5.56 Å². The van der Waals surface area contributed by atoms with Gasteiger partial charge in [-0.15, -0.1) is 0 Å². The molecule has 0 atom stereocenters. The number of benzene rings is 1. The van der Waals surface area contributed by atoms with Gasteiger partial charge in [0.25, 0.3) is 0 Å². The van der Waals surface area contributed by atoms with Crippen LogP contribution in [-0.2, 0) is 11.2 Å². The molecule has 0 fully saturated rings. The minimum atomic E-state index is 0.0803. The van der Waals surface area contributed by atoms with Gasteiger partial charge >= 0.3 is 0 Å². The Labute approximate surface area is 115 Å². The quantitative estimate of drug-likeness (QED) is 0.579. The Morgan fingerprint density at radius 2 is 1.89 bits per heavy atom. The summed E-state index contributed by atoms with van der Waals surface area (Å²) in [4.78, 5) is 11.4. The molecule has 4 heteroatoms. The third-order valence-corrected chi connectivity index (χ3v) is 2.70. The second-order valence-electron chi connectivity index (χ2n) is 4.71. The van der Waals surface area contributed by atoms with Crippen molar-refractivity contribution in [2.75, 3.05) is 20.7 Å². The van der Waals surface area contributed by atoms with Crippen LogP contribution in [0.2, 0.25) is 0 Å². The normalized spacial score (nSPS) is 10.5. The fourth-order valence-corrected chi connectivity index (χ4v) is 1.84. The molecule has 19 heavy (non-hydrogen) atoms. The number of unbranched alkanes of at least 4 members (excludes halogenated alkanes) is 1. The lowest BCUT2D eigenvalue weighted by atomic mass is 10.1. The lowest BCUT2D eigenvalue weighted by Gasteiger charge is -2.11. The van der Waals surface area contributed by atoms with Crippen LogP contribution in [0.3, 0.4) is 0 Å².